The molecule has 1 aliphatic rings. The molecular formula is C43H72N5O2S+. The molecule has 2 heterocycles. The Bertz CT molecular complexity index is 1230. The van der Waals surface area contributed by atoms with Gasteiger partial charge in [-0.1, -0.05) is 143 Å². The van der Waals surface area contributed by atoms with E-state index in [0.29, 0.717) is 5.69 Å². The summed E-state index contributed by atoms with van der Waals surface area (Å²) < 4.78 is 2.24. The second-order valence-electron chi connectivity index (χ2n) is 14.9. The fraction of sp³-hybridized carbons (Fsp3) is 0.767. The van der Waals surface area contributed by atoms with Crippen molar-refractivity contribution >= 4 is 40.1 Å². The molecule has 3 rings (SSSR count). The third-order valence-corrected chi connectivity index (χ3v) is 11.5. The second kappa shape index (κ2) is 26.3. The average Bonchev–Trinajstić information content (AvgIpc) is 3.61. The molecule has 0 radical (unpaired) electrons. The Morgan fingerprint density at radius 2 is 1.10 bits per heavy atom. The number of carbonyl (C=O) groups is 2. The van der Waals surface area contributed by atoms with Gasteiger partial charge in [-0.05, 0) is 37.1 Å². The molecule has 51 heavy (non-hydrogen) atoms. The lowest BCUT2D eigenvalue weighted by Gasteiger charge is -2.29. The molecule has 0 amide bonds. The normalized spacial score (nSPS) is 16.2. The van der Waals surface area contributed by atoms with Crippen LogP contribution in [0.25, 0.3) is 0 Å². The van der Waals surface area contributed by atoms with E-state index >= 15 is 0 Å². The number of unbranched alkanes of at least 4 members (excludes halogenated alkanes) is 20. The van der Waals surface area contributed by atoms with Crippen molar-refractivity contribution in [2.24, 2.45) is 0 Å². The molecule has 0 N–H and O–H groups in total. The van der Waals surface area contributed by atoms with Gasteiger partial charge >= 0.3 is 5.82 Å². The van der Waals surface area contributed by atoms with Gasteiger partial charge in [0.05, 0.1) is 12.8 Å². The number of thiazole rings is 1. The van der Waals surface area contributed by atoms with Crippen molar-refractivity contribution in [1.29, 1.82) is 0 Å². The molecule has 0 aliphatic heterocycles. The van der Waals surface area contributed by atoms with Gasteiger partial charge < -0.3 is 4.90 Å². The highest BCUT2D eigenvalue weighted by Gasteiger charge is 2.52. The van der Waals surface area contributed by atoms with Gasteiger partial charge in [0.25, 0.3) is 0 Å². The summed E-state index contributed by atoms with van der Waals surface area (Å²) in [7, 11) is 0. The van der Waals surface area contributed by atoms with Gasteiger partial charge in [-0.25, -0.2) is 14.5 Å². The van der Waals surface area contributed by atoms with Crippen LogP contribution in [0.2, 0.25) is 0 Å². The van der Waals surface area contributed by atoms with Gasteiger partial charge in [-0.15, -0.1) is 11.3 Å². The number of hydrogen-bond donors (Lipinski definition) is 0. The molecule has 0 atom stereocenters. The summed E-state index contributed by atoms with van der Waals surface area (Å²) in [5.74, 6) is -0.882. The largest absolute Gasteiger partial charge is 0.348 e. The first-order valence-electron chi connectivity index (χ1n) is 21.3. The average molecular weight is 723 g/mol. The van der Waals surface area contributed by atoms with Crippen molar-refractivity contribution in [2.45, 2.75) is 194 Å². The van der Waals surface area contributed by atoms with Crippen LogP contribution in [-0.2, 0) is 9.59 Å². The first-order valence-corrected chi connectivity index (χ1v) is 22.1. The highest BCUT2D eigenvalue weighted by molar-refractivity contribution is 7.16. The zero-order valence-electron chi connectivity index (χ0n) is 33.0. The zero-order chi connectivity index (χ0) is 36.5. The van der Waals surface area contributed by atoms with E-state index in [1.807, 2.05) is 0 Å². The number of rotatable bonds is 31. The van der Waals surface area contributed by atoms with E-state index < -0.39 is 11.8 Å². The number of Topliss-reactive ketones (excluding diaryl/α,β-unsaturated/α-hetero) is 2. The first kappa shape index (κ1) is 42.9. The van der Waals surface area contributed by atoms with Crippen LogP contribution in [0.1, 0.15) is 204 Å². The molecule has 1 saturated carbocycles. The number of carbonyl (C=O) groups excluding carboxylic acids is 2. The van der Waals surface area contributed by atoms with Crippen molar-refractivity contribution in [3.63, 3.8) is 0 Å². The van der Waals surface area contributed by atoms with Crippen LogP contribution in [0.4, 0.5) is 10.9 Å². The quantitative estimate of drug-likeness (QED) is 0.0334. The van der Waals surface area contributed by atoms with Crippen molar-refractivity contribution < 1.29 is 14.2 Å². The van der Waals surface area contributed by atoms with E-state index in [9.17, 15) is 9.59 Å². The lowest BCUT2D eigenvalue weighted by molar-refractivity contribution is -0.442. The number of aromatic nitrogens is 3. The molecule has 7 nitrogen and oxygen atoms in total. The van der Waals surface area contributed by atoms with E-state index in [4.69, 9.17) is 9.97 Å². The third kappa shape index (κ3) is 15.2. The standard InChI is InChI=1S/C43H72N5O2S/c1-5-9-13-17-21-25-29-47(30-26-22-18-14-10-6-2)38-35-44-36(33-45-38)39-41(49)40(42(39)50)37-34-46-43(51-37)48(31-27-23-19-15-11-7-3)32-28-24-20-16-12-8-4/h29,33-35,39-40H,5-28,30-32H2,1-4H3/q+1. The Labute approximate surface area is 315 Å². The Morgan fingerprint density at radius 3 is 1.63 bits per heavy atom. The number of hydrogen-bond acceptors (Lipinski definition) is 7. The molecule has 0 aromatic carbocycles. The van der Waals surface area contributed by atoms with Crippen molar-refractivity contribution in [2.75, 3.05) is 24.5 Å². The minimum atomic E-state index is -0.820. The van der Waals surface area contributed by atoms with Crippen LogP contribution in [0.3, 0.4) is 0 Å². The van der Waals surface area contributed by atoms with Gasteiger partial charge in [-0.2, -0.15) is 0 Å². The predicted octanol–water partition coefficient (Wildman–Crippen LogP) is 11.9. The van der Waals surface area contributed by atoms with E-state index in [-0.39, 0.29) is 11.6 Å². The molecule has 1 fully saturated rings. The SMILES string of the molecule is CCCCCCCC=[N+](CCCCCCCC)c1cnc(C2C(=O)C(c3cnc(N(CCCCCCCC)CCCCCCCC)s3)C2=O)cn1. The fourth-order valence-corrected chi connectivity index (χ4v) is 8.18. The van der Waals surface area contributed by atoms with E-state index in [0.717, 1.165) is 61.1 Å². The van der Waals surface area contributed by atoms with Crippen LogP contribution in [0.15, 0.2) is 18.6 Å². The molecule has 286 valence electrons. The molecule has 0 bridgehead atoms. The van der Waals surface area contributed by atoms with Crippen LogP contribution >= 0.6 is 11.3 Å². The smallest absolute Gasteiger partial charge is 0.341 e. The Balaban J connectivity index is 1.61. The van der Waals surface area contributed by atoms with E-state index in [2.05, 4.69) is 48.4 Å². The van der Waals surface area contributed by atoms with Gasteiger partial charge in [0.2, 0.25) is 0 Å². The van der Waals surface area contributed by atoms with Crippen LogP contribution in [0, 0.1) is 0 Å². The molecule has 2 aromatic rings. The lowest BCUT2D eigenvalue weighted by Crippen LogP contribution is -2.44. The minimum Gasteiger partial charge on any atom is -0.348 e. The highest BCUT2D eigenvalue weighted by atomic mass is 32.1. The van der Waals surface area contributed by atoms with Gasteiger partial charge in [-0.3, -0.25) is 9.59 Å². The summed E-state index contributed by atoms with van der Waals surface area (Å²) in [6.07, 6.45) is 37.4. The molecule has 2 aromatic heterocycles. The predicted molar refractivity (Wildman–Crippen MR) is 216 cm³/mol. The maximum Gasteiger partial charge on any atom is 0.341 e. The third-order valence-electron chi connectivity index (χ3n) is 10.4. The molecular weight excluding hydrogens is 651 g/mol. The Morgan fingerprint density at radius 1 is 0.588 bits per heavy atom. The van der Waals surface area contributed by atoms with Crippen LogP contribution in [0.5, 0.6) is 0 Å². The van der Waals surface area contributed by atoms with Crippen molar-refractivity contribution in [3.8, 4) is 0 Å². The number of anilines is 1. The summed E-state index contributed by atoms with van der Waals surface area (Å²) in [5.41, 5.74) is 0.474. The maximum atomic E-state index is 13.5. The highest BCUT2D eigenvalue weighted by Crippen LogP contribution is 2.43. The summed E-state index contributed by atoms with van der Waals surface area (Å²) in [6, 6.07) is 0. The number of nitrogens with zero attached hydrogens (tertiary/aromatic N) is 5. The van der Waals surface area contributed by atoms with Gasteiger partial charge in [0, 0.05) is 30.6 Å². The summed E-state index contributed by atoms with van der Waals surface area (Å²) in [4.78, 5) is 44.4. The second-order valence-corrected chi connectivity index (χ2v) is 15.9. The van der Waals surface area contributed by atoms with Crippen molar-refractivity contribution in [1.82, 2.24) is 15.0 Å². The Hall–Kier alpha value is -2.48. The topological polar surface area (TPSA) is 79.1 Å². The van der Waals surface area contributed by atoms with Crippen molar-refractivity contribution in [3.05, 3.63) is 29.2 Å². The molecule has 0 unspecified atom stereocenters. The van der Waals surface area contributed by atoms with Crippen LogP contribution < -0.4 is 4.90 Å². The van der Waals surface area contributed by atoms with Gasteiger partial charge in [0.15, 0.2) is 22.9 Å². The monoisotopic (exact) mass is 723 g/mol. The molecule has 8 heteroatoms. The maximum absolute atomic E-state index is 13.5. The van der Waals surface area contributed by atoms with Crippen LogP contribution in [-0.4, -0.2) is 56.9 Å². The van der Waals surface area contributed by atoms with E-state index in [1.54, 1.807) is 18.6 Å². The molecule has 0 spiro atoms. The first-order chi connectivity index (χ1) is 25.0. The molecule has 1 aliphatic carbocycles. The lowest BCUT2D eigenvalue weighted by atomic mass is 9.70. The van der Waals surface area contributed by atoms with Gasteiger partial charge in [0.1, 0.15) is 23.7 Å². The summed E-state index contributed by atoms with van der Waals surface area (Å²) >= 11 is 1.53. The minimum absolute atomic E-state index is 0.0711. The summed E-state index contributed by atoms with van der Waals surface area (Å²) in [5, 5.41) is 0.951. The summed E-state index contributed by atoms with van der Waals surface area (Å²) in [6.45, 7) is 11.9. The van der Waals surface area contributed by atoms with E-state index in [1.165, 1.54) is 140 Å². The zero-order valence-corrected chi connectivity index (χ0v) is 33.8. The molecule has 0 saturated heterocycles. The Kier molecular flexibility index (Phi) is 22.1. The fourth-order valence-electron chi connectivity index (χ4n) is 7.10. The number of ketones is 2.